The number of likely N-dealkylation sites (N-methyl/N-ethyl adjacent to an activating group) is 1. The summed E-state index contributed by atoms with van der Waals surface area (Å²) in [5.74, 6) is -1.54. The molecule has 0 aromatic rings. The second-order valence-corrected chi connectivity index (χ2v) is 17.7. The predicted molar refractivity (Wildman–Crippen MR) is 275 cm³/mol. The van der Waals surface area contributed by atoms with Gasteiger partial charge in [0.25, 0.3) is 0 Å². The molecule has 0 aromatic heterocycles. The fourth-order valence-electron chi connectivity index (χ4n) is 6.75. The molecule has 0 heterocycles. The molecule has 0 spiro atoms. The molecule has 2 unspecified atom stereocenters. The van der Waals surface area contributed by atoms with Crippen LogP contribution >= 0.6 is 0 Å². The zero-order valence-electron chi connectivity index (χ0n) is 41.9. The quantitative estimate of drug-likeness (QED) is 0.0281. The average molecular weight is 905 g/mol. The highest BCUT2D eigenvalue weighted by Crippen LogP contribution is 2.13. The molecular formula is C57H94NO7+. The Morgan fingerprint density at radius 1 is 0.477 bits per heavy atom. The molecule has 0 saturated carbocycles. The summed E-state index contributed by atoms with van der Waals surface area (Å²) in [5.41, 5.74) is 0. The Hall–Kier alpha value is -4.01. The molecule has 0 aliphatic heterocycles. The van der Waals surface area contributed by atoms with E-state index in [1.807, 2.05) is 21.1 Å². The van der Waals surface area contributed by atoms with Crippen molar-refractivity contribution in [1.29, 1.82) is 0 Å². The second kappa shape index (κ2) is 46.5. The first-order valence-electron chi connectivity index (χ1n) is 25.4. The van der Waals surface area contributed by atoms with Crippen molar-refractivity contribution in [2.75, 3.05) is 41.0 Å². The normalized spacial score (nSPS) is 13.8. The Kier molecular flexibility index (Phi) is 43.6. The Bertz CT molecular complexity index is 1420. The lowest BCUT2D eigenvalue weighted by Gasteiger charge is -2.31. The molecule has 0 saturated heterocycles. The van der Waals surface area contributed by atoms with Gasteiger partial charge in [0, 0.05) is 19.3 Å². The number of rotatable bonds is 44. The van der Waals surface area contributed by atoms with Gasteiger partial charge < -0.3 is 23.8 Å². The molecule has 0 radical (unpaired) electrons. The van der Waals surface area contributed by atoms with Crippen LogP contribution in [-0.2, 0) is 28.6 Å². The van der Waals surface area contributed by atoms with E-state index in [1.54, 1.807) is 0 Å². The number of carbonyl (C=O) groups is 3. The highest BCUT2D eigenvalue weighted by molar-refractivity contribution is 5.72. The van der Waals surface area contributed by atoms with Gasteiger partial charge in [-0.15, -0.1) is 0 Å². The fourth-order valence-corrected chi connectivity index (χ4v) is 6.75. The summed E-state index contributed by atoms with van der Waals surface area (Å²) in [4.78, 5) is 37.2. The van der Waals surface area contributed by atoms with Gasteiger partial charge >= 0.3 is 17.9 Å². The van der Waals surface area contributed by atoms with Gasteiger partial charge in [-0.1, -0.05) is 168 Å². The number of quaternary nitrogens is 1. The first-order chi connectivity index (χ1) is 31.6. The zero-order chi connectivity index (χ0) is 47.7. The fraction of sp³-hybridized carbons (Fsp3) is 0.632. The van der Waals surface area contributed by atoms with E-state index in [9.17, 15) is 19.5 Å². The zero-order valence-corrected chi connectivity index (χ0v) is 41.9. The maximum atomic E-state index is 12.8. The van der Waals surface area contributed by atoms with Crippen LogP contribution in [0, 0.1) is 0 Å². The topological polar surface area (TPSA) is 99.1 Å². The van der Waals surface area contributed by atoms with Gasteiger partial charge in [0.15, 0.2) is 12.1 Å². The standard InChI is InChI=1S/C57H93NO7/c1-6-8-10-12-14-16-18-20-22-24-26-28-30-32-34-36-38-40-42-44-46-48-56(60)65-53(51-63-50-49-54(57(61)62)58(3,4)5)52-64-55(59)47-45-43-41-39-37-35-33-31-29-27-25-23-21-19-17-15-13-11-9-7-2/h9,11,14-17,20-23,26-29,32-35,53-54H,6-8,10,12-13,18-19,24-25,30-31,36-52H2,1-5H3/p+1/b11-9+,16-14+,17-15+,22-20+,23-21+,28-26+,29-27+,34-32+,35-33+. The van der Waals surface area contributed by atoms with Crippen LogP contribution in [0.15, 0.2) is 109 Å². The number of carboxylic acid groups (broad SMARTS) is 1. The summed E-state index contributed by atoms with van der Waals surface area (Å²) < 4.78 is 17.3. The Labute approximate surface area is 398 Å². The van der Waals surface area contributed by atoms with E-state index in [4.69, 9.17) is 14.2 Å². The van der Waals surface area contributed by atoms with E-state index in [1.165, 1.54) is 25.7 Å². The number of hydrogen-bond acceptors (Lipinski definition) is 6. The van der Waals surface area contributed by atoms with Crippen molar-refractivity contribution >= 4 is 17.9 Å². The van der Waals surface area contributed by atoms with E-state index in [0.717, 1.165) is 122 Å². The molecule has 1 N–H and O–H groups in total. The third kappa shape index (κ3) is 45.0. The van der Waals surface area contributed by atoms with Gasteiger partial charge in [-0.3, -0.25) is 9.59 Å². The molecule has 0 fully saturated rings. The van der Waals surface area contributed by atoms with Crippen molar-refractivity contribution in [3.63, 3.8) is 0 Å². The summed E-state index contributed by atoms with van der Waals surface area (Å²) in [6, 6.07) is -0.630. The van der Waals surface area contributed by atoms with Crippen LogP contribution in [0.1, 0.15) is 181 Å². The second-order valence-electron chi connectivity index (χ2n) is 17.7. The van der Waals surface area contributed by atoms with Crippen molar-refractivity contribution < 1.29 is 38.2 Å². The molecule has 8 nitrogen and oxygen atoms in total. The minimum absolute atomic E-state index is 0.0375. The number of aliphatic carboxylic acids is 1. The third-order valence-corrected chi connectivity index (χ3v) is 10.7. The summed E-state index contributed by atoms with van der Waals surface area (Å²) in [6.07, 6.45) is 64.2. The average Bonchev–Trinajstić information content (AvgIpc) is 3.27. The number of allylic oxidation sites excluding steroid dienone is 18. The van der Waals surface area contributed by atoms with Crippen LogP contribution in [0.25, 0.3) is 0 Å². The molecule has 0 aliphatic rings. The number of hydrogen-bond donors (Lipinski definition) is 1. The van der Waals surface area contributed by atoms with Crippen molar-refractivity contribution in [1.82, 2.24) is 0 Å². The number of nitrogens with zero attached hydrogens (tertiary/aromatic N) is 1. The summed E-state index contributed by atoms with van der Waals surface area (Å²) in [5, 5.41) is 9.66. The van der Waals surface area contributed by atoms with Gasteiger partial charge in [-0.25, -0.2) is 4.79 Å². The first kappa shape index (κ1) is 61.0. The SMILES string of the molecule is CC/C=C/C/C=C/C/C=C/C/C=C/C/C=C/CCCCCCC(=O)OCC(COCCC(C(=O)O)[N+](C)(C)C)OC(=O)CCCCCCC/C=C/C/C=C/C/C=C/C/C=C/CCCCC. The van der Waals surface area contributed by atoms with Gasteiger partial charge in [0.05, 0.1) is 34.4 Å². The molecule has 65 heavy (non-hydrogen) atoms. The number of ether oxygens (including phenoxy) is 3. The number of esters is 2. The van der Waals surface area contributed by atoms with Crippen molar-refractivity contribution in [3.8, 4) is 0 Å². The minimum Gasteiger partial charge on any atom is -0.477 e. The van der Waals surface area contributed by atoms with E-state index < -0.39 is 18.1 Å². The van der Waals surface area contributed by atoms with Gasteiger partial charge in [-0.05, 0) is 103 Å². The lowest BCUT2D eigenvalue weighted by molar-refractivity contribution is -0.887. The van der Waals surface area contributed by atoms with E-state index in [0.29, 0.717) is 19.3 Å². The number of carbonyl (C=O) groups excluding carboxylic acids is 2. The number of unbranched alkanes of at least 4 members (excludes halogenated alkanes) is 12. The molecular weight excluding hydrogens is 811 g/mol. The lowest BCUT2D eigenvalue weighted by Crippen LogP contribution is -2.50. The maximum Gasteiger partial charge on any atom is 0.362 e. The Balaban J connectivity index is 4.38. The van der Waals surface area contributed by atoms with Crippen molar-refractivity contribution in [2.45, 2.75) is 193 Å². The van der Waals surface area contributed by atoms with Crippen LogP contribution in [0.5, 0.6) is 0 Å². The van der Waals surface area contributed by atoms with Crippen molar-refractivity contribution in [3.05, 3.63) is 109 Å². The van der Waals surface area contributed by atoms with Crippen LogP contribution < -0.4 is 0 Å². The van der Waals surface area contributed by atoms with Crippen LogP contribution in [-0.4, -0.2) is 80.6 Å². The third-order valence-electron chi connectivity index (χ3n) is 10.7. The highest BCUT2D eigenvalue weighted by atomic mass is 16.6. The molecule has 2 atom stereocenters. The lowest BCUT2D eigenvalue weighted by atomic mass is 10.1. The summed E-state index contributed by atoms with van der Waals surface area (Å²) >= 11 is 0. The van der Waals surface area contributed by atoms with Gasteiger partial charge in [0.2, 0.25) is 0 Å². The van der Waals surface area contributed by atoms with Crippen LogP contribution in [0.2, 0.25) is 0 Å². The number of carboxylic acids is 1. The molecule has 368 valence electrons. The van der Waals surface area contributed by atoms with Crippen LogP contribution in [0.3, 0.4) is 0 Å². The maximum absolute atomic E-state index is 12.8. The highest BCUT2D eigenvalue weighted by Gasteiger charge is 2.31. The minimum atomic E-state index is -0.886. The predicted octanol–water partition coefficient (Wildman–Crippen LogP) is 14.8. The summed E-state index contributed by atoms with van der Waals surface area (Å²) in [6.45, 7) is 4.53. The Morgan fingerprint density at radius 3 is 1.28 bits per heavy atom. The first-order valence-corrected chi connectivity index (χ1v) is 25.4. The van der Waals surface area contributed by atoms with Gasteiger partial charge in [-0.2, -0.15) is 0 Å². The van der Waals surface area contributed by atoms with Gasteiger partial charge in [0.1, 0.15) is 6.61 Å². The largest absolute Gasteiger partial charge is 0.477 e. The van der Waals surface area contributed by atoms with E-state index >= 15 is 0 Å². The molecule has 0 bridgehead atoms. The molecule has 0 aromatic carbocycles. The molecule has 0 amide bonds. The van der Waals surface area contributed by atoms with E-state index in [2.05, 4.69) is 123 Å². The smallest absolute Gasteiger partial charge is 0.362 e. The molecule has 8 heteroatoms. The monoisotopic (exact) mass is 905 g/mol. The van der Waals surface area contributed by atoms with Crippen LogP contribution in [0.4, 0.5) is 0 Å². The molecule has 0 aliphatic carbocycles. The Morgan fingerprint density at radius 2 is 0.862 bits per heavy atom. The van der Waals surface area contributed by atoms with Crippen molar-refractivity contribution in [2.24, 2.45) is 0 Å². The van der Waals surface area contributed by atoms with E-state index in [-0.39, 0.29) is 36.2 Å². The molecule has 0 rings (SSSR count). The summed E-state index contributed by atoms with van der Waals surface area (Å²) in [7, 11) is 5.51.